The van der Waals surface area contributed by atoms with Crippen LogP contribution < -0.4 is 16.4 Å². The minimum atomic E-state index is -5.58. The second-order valence-corrected chi connectivity index (χ2v) is 18.3. The summed E-state index contributed by atoms with van der Waals surface area (Å²) in [5.74, 6) is -0.760. The van der Waals surface area contributed by atoms with Crippen LogP contribution in [0, 0.1) is 5.41 Å². The van der Waals surface area contributed by atoms with E-state index in [1.165, 1.54) is 26.2 Å². The monoisotopic (exact) mass is 901 g/mol. The maximum atomic E-state index is 12.7. The van der Waals surface area contributed by atoms with E-state index in [4.69, 9.17) is 24.3 Å². The largest absolute Gasteiger partial charge is 0.481 e. The van der Waals surface area contributed by atoms with Crippen molar-refractivity contribution in [3.63, 3.8) is 0 Å². The van der Waals surface area contributed by atoms with Gasteiger partial charge in [0.2, 0.25) is 16.9 Å². The van der Waals surface area contributed by atoms with Gasteiger partial charge in [-0.3, -0.25) is 32.5 Å². The number of anilines is 1. The Morgan fingerprint density at radius 3 is 2.53 bits per heavy atom. The van der Waals surface area contributed by atoms with Crippen molar-refractivity contribution < 1.29 is 85.2 Å². The van der Waals surface area contributed by atoms with Crippen LogP contribution in [0.15, 0.2) is 49.0 Å². The number of aliphatic hydroxyl groups excluding tert-OH is 2. The summed E-state index contributed by atoms with van der Waals surface area (Å²) >= 11 is 0.966. The predicted molar refractivity (Wildman–Crippen MR) is 199 cm³/mol. The molecule has 2 amide bonds. The zero-order chi connectivity index (χ0) is 42.9. The number of phosphoric ester groups is 3. The molecule has 29 heteroatoms. The summed E-state index contributed by atoms with van der Waals surface area (Å²) in [5, 5.41) is 26.1. The predicted octanol–water partition coefficient (Wildman–Crippen LogP) is 0.0388. The van der Waals surface area contributed by atoms with E-state index in [-0.39, 0.29) is 47.4 Å². The Hall–Kier alpha value is -3.42. The fourth-order valence-electron chi connectivity index (χ4n) is 5.03. The molecule has 0 saturated carbocycles. The molecule has 2 aliphatic heterocycles. The lowest BCUT2D eigenvalue weighted by atomic mass is 9.87. The molecule has 25 nitrogen and oxygen atoms in total. The molecule has 2 aliphatic rings. The van der Waals surface area contributed by atoms with E-state index >= 15 is 0 Å². The molecule has 1 fully saturated rings. The minimum Gasteiger partial charge on any atom is -0.469 e. The smallest absolute Gasteiger partial charge is 0.469 e. The summed E-state index contributed by atoms with van der Waals surface area (Å²) in [6.45, 7) is 0.385. The number of carbonyl (C=O) groups is 3. The van der Waals surface area contributed by atoms with Gasteiger partial charge in [-0.15, -0.1) is 0 Å². The summed E-state index contributed by atoms with van der Waals surface area (Å²) < 4.78 is 67.4. The molecule has 4 rings (SSSR count). The maximum absolute atomic E-state index is 12.7. The molecule has 0 spiro atoms. The molecule has 58 heavy (non-hydrogen) atoms. The normalized spacial score (nSPS) is 23.1. The summed E-state index contributed by atoms with van der Waals surface area (Å²) in [4.78, 5) is 87.8. The Labute approximate surface area is 333 Å². The van der Waals surface area contributed by atoms with Crippen molar-refractivity contribution in [1.29, 1.82) is 0 Å². The van der Waals surface area contributed by atoms with E-state index in [9.17, 15) is 57.9 Å². The van der Waals surface area contributed by atoms with Gasteiger partial charge in [-0.1, -0.05) is 37.8 Å². The number of nitrogen functional groups attached to an aromatic ring is 1. The van der Waals surface area contributed by atoms with Crippen molar-refractivity contribution in [2.24, 2.45) is 5.41 Å². The second-order valence-electron chi connectivity index (χ2n) is 12.9. The van der Waals surface area contributed by atoms with E-state index in [0.29, 0.717) is 12.2 Å². The zero-order valence-electron chi connectivity index (χ0n) is 30.6. The molecule has 0 aromatic carbocycles. The van der Waals surface area contributed by atoms with E-state index in [1.807, 2.05) is 6.08 Å². The number of hydrogen-bond donors (Lipinski definition) is 9. The number of ether oxygens (including phenoxy) is 2. The van der Waals surface area contributed by atoms with Gasteiger partial charge in [0.05, 0.1) is 25.8 Å². The Balaban J connectivity index is 1.21. The maximum Gasteiger partial charge on any atom is 0.481 e. The number of nitrogens with zero attached hydrogens (tertiary/aromatic N) is 4. The van der Waals surface area contributed by atoms with Gasteiger partial charge in [0.25, 0.3) is 0 Å². The van der Waals surface area contributed by atoms with Gasteiger partial charge in [-0.25, -0.2) is 28.6 Å². The summed E-state index contributed by atoms with van der Waals surface area (Å²) in [6, 6.07) is 0. The average molecular weight is 902 g/mol. The number of phosphoric acid groups is 3. The Bertz CT molecular complexity index is 2030. The number of carbonyl (C=O) groups excluding carboxylic acids is 3. The number of fused-ring (bicyclic) bond motifs is 1. The molecule has 4 heterocycles. The van der Waals surface area contributed by atoms with Crippen LogP contribution in [-0.4, -0.2) is 123 Å². The fraction of sp³-hybridized carbons (Fsp3) is 0.517. The van der Waals surface area contributed by atoms with E-state index in [1.54, 1.807) is 12.2 Å². The fourth-order valence-corrected chi connectivity index (χ4v) is 8.48. The number of aliphatic hydroxyl groups is 2. The molecule has 7 atom stereocenters. The van der Waals surface area contributed by atoms with Crippen molar-refractivity contribution in [3.05, 3.63) is 49.0 Å². The molecule has 2 unspecified atom stereocenters. The highest BCUT2D eigenvalue weighted by molar-refractivity contribution is 8.14. The van der Waals surface area contributed by atoms with Crippen LogP contribution in [-0.2, 0) is 55.4 Å². The number of thioether (sulfide) groups is 1. The summed E-state index contributed by atoms with van der Waals surface area (Å²) in [5.41, 5.74) is 4.24. The van der Waals surface area contributed by atoms with Gasteiger partial charge in [-0.2, -0.15) is 4.31 Å². The molecular weight excluding hydrogens is 859 g/mol. The third kappa shape index (κ3) is 14.1. The molecular formula is C29H42N7O18P3S. The van der Waals surface area contributed by atoms with Crippen LogP contribution in [0.3, 0.4) is 0 Å². The number of amides is 2. The van der Waals surface area contributed by atoms with Gasteiger partial charge in [0, 0.05) is 43.2 Å². The van der Waals surface area contributed by atoms with Crippen LogP contribution in [0.4, 0.5) is 5.82 Å². The molecule has 1 saturated heterocycles. The lowest BCUT2D eigenvalue weighted by Gasteiger charge is -2.30. The summed E-state index contributed by atoms with van der Waals surface area (Å²) in [7, 11) is -16.4. The number of allylic oxidation sites excluding steroid dienone is 3. The average Bonchev–Trinajstić information content (AvgIpc) is 3.57. The third-order valence-corrected chi connectivity index (χ3v) is 11.8. The molecule has 0 radical (unpaired) electrons. The Morgan fingerprint density at radius 2 is 1.81 bits per heavy atom. The van der Waals surface area contributed by atoms with Crippen LogP contribution in [0.1, 0.15) is 32.9 Å². The SMILES string of the molecule is CC(C)(COP(=O)(O)OP(=O)(O)OC[C@H]1O[C@@H](n2cnc3c(N)ncnc32)[C@H](O)[C@@H]1OP(=O)(O)O)[C@@H](O)C(=O)NCCC(=O)NCCSC(=O)C=C1CC=CC=CO1. The number of nitrogens with one attached hydrogen (secondary N) is 2. The van der Waals surface area contributed by atoms with Gasteiger partial charge in [0.1, 0.15) is 42.0 Å². The first-order valence-corrected chi connectivity index (χ1v) is 22.3. The first-order chi connectivity index (χ1) is 27.1. The van der Waals surface area contributed by atoms with Crippen molar-refractivity contribution in [3.8, 4) is 0 Å². The van der Waals surface area contributed by atoms with Crippen molar-refractivity contribution in [1.82, 2.24) is 30.2 Å². The number of imidazole rings is 1. The van der Waals surface area contributed by atoms with Gasteiger partial charge >= 0.3 is 23.5 Å². The number of rotatable bonds is 20. The lowest BCUT2D eigenvalue weighted by Crippen LogP contribution is -2.46. The van der Waals surface area contributed by atoms with E-state index in [2.05, 4.69) is 34.4 Å². The number of nitrogens with two attached hydrogens (primary N) is 1. The van der Waals surface area contributed by atoms with Crippen LogP contribution in [0.2, 0.25) is 0 Å². The van der Waals surface area contributed by atoms with Crippen LogP contribution >= 0.6 is 35.2 Å². The number of hydrogen-bond acceptors (Lipinski definition) is 19. The third-order valence-electron chi connectivity index (χ3n) is 7.89. The van der Waals surface area contributed by atoms with Gasteiger partial charge in [0.15, 0.2) is 17.7 Å². The zero-order valence-corrected chi connectivity index (χ0v) is 34.1. The first-order valence-electron chi connectivity index (χ1n) is 16.8. The van der Waals surface area contributed by atoms with E-state index < -0.39 is 84.6 Å². The van der Waals surface area contributed by atoms with Gasteiger partial charge in [-0.05, 0) is 6.08 Å². The first kappa shape index (κ1) is 47.3. The highest BCUT2D eigenvalue weighted by Gasteiger charge is 2.50. The Morgan fingerprint density at radius 1 is 1.09 bits per heavy atom. The highest BCUT2D eigenvalue weighted by Crippen LogP contribution is 2.61. The quantitative estimate of drug-likeness (QED) is 0.0481. The number of aromatic nitrogens is 4. The molecule has 2 aromatic rings. The molecule has 0 bridgehead atoms. The Kier molecular flexibility index (Phi) is 16.5. The molecule has 0 aliphatic carbocycles. The second kappa shape index (κ2) is 20.2. The van der Waals surface area contributed by atoms with Crippen LogP contribution in [0.5, 0.6) is 0 Å². The highest BCUT2D eigenvalue weighted by atomic mass is 32.2. The van der Waals surface area contributed by atoms with E-state index in [0.717, 1.165) is 29.0 Å². The topological polar surface area (TPSA) is 373 Å². The van der Waals surface area contributed by atoms with Crippen molar-refractivity contribution in [2.45, 2.75) is 57.3 Å². The standard InChI is InChI=1S/C29H42N7O18P3S/c1-29(2,24(40)27(41)32-8-7-19(37)31-9-11-58-20(38)12-17-6-4-3-5-10-49-17)14-51-57(47,48)54-56(45,46)50-13-18-23(53-55(42,43)44)22(39)28(52-18)36-16-35-21-25(30)33-15-34-26(21)36/h3-5,10,12,15-16,18,22-24,28,39-40H,6-9,11,13-14H2,1-2H3,(H,31,37)(H,32,41)(H,45,46)(H,47,48)(H2,30,33,34)(H2,42,43,44)/t18-,22-,23-,24+,28-/m1/s1. The molecule has 10 N–H and O–H groups in total. The van der Waals surface area contributed by atoms with Crippen molar-refractivity contribution >= 4 is 69.1 Å². The summed E-state index contributed by atoms with van der Waals surface area (Å²) in [6.07, 6.45) is 1.58. The minimum absolute atomic E-state index is 0.0271. The molecule has 2 aromatic heterocycles. The van der Waals surface area contributed by atoms with Crippen LogP contribution in [0.25, 0.3) is 11.2 Å². The lowest BCUT2D eigenvalue weighted by molar-refractivity contribution is -0.137. The molecule has 322 valence electrons. The van der Waals surface area contributed by atoms with Crippen molar-refractivity contribution in [2.75, 3.05) is 37.8 Å². The van der Waals surface area contributed by atoms with Gasteiger partial charge < -0.3 is 55.6 Å².